The highest BCUT2D eigenvalue weighted by atomic mass is 32.1. The fourth-order valence-electron chi connectivity index (χ4n) is 3.78. The lowest BCUT2D eigenvalue weighted by Gasteiger charge is -2.17. The summed E-state index contributed by atoms with van der Waals surface area (Å²) in [5.41, 5.74) is 3.11. The van der Waals surface area contributed by atoms with Gasteiger partial charge < -0.3 is 28.8 Å². The van der Waals surface area contributed by atoms with Crippen LogP contribution in [0.15, 0.2) is 30.3 Å². The molecule has 0 bridgehead atoms. The van der Waals surface area contributed by atoms with Gasteiger partial charge in [0.2, 0.25) is 6.79 Å². The van der Waals surface area contributed by atoms with Crippen LogP contribution in [0.1, 0.15) is 11.1 Å². The van der Waals surface area contributed by atoms with E-state index in [2.05, 4.69) is 0 Å². The second-order valence-electron chi connectivity index (χ2n) is 6.47. The number of hydrogen-bond acceptors (Lipinski definition) is 7. The van der Waals surface area contributed by atoms with E-state index in [4.69, 9.17) is 35.9 Å². The van der Waals surface area contributed by atoms with Crippen molar-refractivity contribution >= 4 is 28.0 Å². The van der Waals surface area contributed by atoms with Crippen LogP contribution in [0, 0.1) is 0 Å². The minimum atomic E-state index is 0.135. The minimum absolute atomic E-state index is 0.135. The van der Waals surface area contributed by atoms with Crippen LogP contribution in [0.4, 0.5) is 0 Å². The van der Waals surface area contributed by atoms with Crippen LogP contribution in [0.3, 0.4) is 0 Å². The van der Waals surface area contributed by atoms with E-state index in [0.717, 1.165) is 16.5 Å². The number of benzene rings is 3. The Hall–Kier alpha value is -3.19. The van der Waals surface area contributed by atoms with Crippen LogP contribution in [0.2, 0.25) is 0 Å². The van der Waals surface area contributed by atoms with Crippen LogP contribution in [0.25, 0.3) is 21.9 Å². The number of ether oxygens (including phenoxy) is 5. The van der Waals surface area contributed by atoms with Crippen molar-refractivity contribution in [2.24, 2.45) is 0 Å². The van der Waals surface area contributed by atoms with E-state index in [-0.39, 0.29) is 19.1 Å². The summed E-state index contributed by atoms with van der Waals surface area (Å²) in [7, 11) is 3.13. The van der Waals surface area contributed by atoms with Crippen molar-refractivity contribution in [2.45, 2.75) is 6.61 Å². The highest BCUT2D eigenvalue weighted by Gasteiger charge is 2.30. The molecule has 3 aromatic carbocycles. The molecule has 0 unspecified atom stereocenters. The van der Waals surface area contributed by atoms with E-state index in [1.54, 1.807) is 20.3 Å². The molecule has 0 saturated heterocycles. The van der Waals surface area contributed by atoms with E-state index < -0.39 is 0 Å². The van der Waals surface area contributed by atoms with Gasteiger partial charge in [-0.15, -0.1) is 0 Å². The normalized spacial score (nSPS) is 14.1. The molecule has 0 aliphatic carbocycles. The summed E-state index contributed by atoms with van der Waals surface area (Å²) in [6.07, 6.45) is 0. The van der Waals surface area contributed by atoms with Crippen molar-refractivity contribution < 1.29 is 28.8 Å². The van der Waals surface area contributed by atoms with E-state index in [1.807, 2.05) is 24.3 Å². The number of methoxy groups -OCH3 is 2. The van der Waals surface area contributed by atoms with Crippen LogP contribution in [-0.2, 0) is 11.3 Å². The van der Waals surface area contributed by atoms with Crippen molar-refractivity contribution in [2.75, 3.05) is 21.0 Å². The van der Waals surface area contributed by atoms with Crippen LogP contribution < -0.4 is 18.9 Å². The Morgan fingerprint density at radius 2 is 1.61 bits per heavy atom. The molecular formula is C21H16O6S. The van der Waals surface area contributed by atoms with Crippen molar-refractivity contribution in [1.29, 1.82) is 0 Å². The van der Waals surface area contributed by atoms with Gasteiger partial charge in [-0.25, -0.2) is 0 Å². The molecule has 28 heavy (non-hydrogen) atoms. The fourth-order valence-corrected chi connectivity index (χ4v) is 4.06. The van der Waals surface area contributed by atoms with Crippen molar-refractivity contribution in [3.05, 3.63) is 41.5 Å². The molecule has 5 rings (SSSR count). The van der Waals surface area contributed by atoms with Crippen LogP contribution >= 0.6 is 12.2 Å². The first-order valence-electron chi connectivity index (χ1n) is 8.63. The van der Waals surface area contributed by atoms with Gasteiger partial charge in [-0.2, -0.15) is 0 Å². The van der Waals surface area contributed by atoms with E-state index in [0.29, 0.717) is 44.6 Å². The molecule has 1 N–H and O–H groups in total. The number of hydrogen-bond donors (Lipinski definition) is 1. The van der Waals surface area contributed by atoms with Crippen LogP contribution in [0.5, 0.6) is 28.7 Å². The lowest BCUT2D eigenvalue weighted by atomic mass is 9.89. The van der Waals surface area contributed by atoms with E-state index >= 15 is 0 Å². The predicted molar refractivity (Wildman–Crippen MR) is 107 cm³/mol. The highest BCUT2D eigenvalue weighted by molar-refractivity contribution is 7.80. The molecule has 0 saturated carbocycles. The molecule has 0 fully saturated rings. The van der Waals surface area contributed by atoms with Gasteiger partial charge >= 0.3 is 0 Å². The zero-order valence-corrected chi connectivity index (χ0v) is 16.0. The van der Waals surface area contributed by atoms with Gasteiger partial charge in [0.25, 0.3) is 0 Å². The summed E-state index contributed by atoms with van der Waals surface area (Å²) in [6.45, 7) is 0.418. The quantitative estimate of drug-likeness (QED) is 0.667. The Labute approximate surface area is 166 Å². The van der Waals surface area contributed by atoms with E-state index in [1.165, 1.54) is 0 Å². The first-order valence-corrected chi connectivity index (χ1v) is 9.04. The summed E-state index contributed by atoms with van der Waals surface area (Å²) in [5, 5.41) is 12.7. The Kier molecular flexibility index (Phi) is 3.73. The minimum Gasteiger partial charge on any atom is -0.507 e. The monoisotopic (exact) mass is 396 g/mol. The predicted octanol–water partition coefficient (Wildman–Crippen LogP) is 4.16. The Morgan fingerprint density at radius 3 is 2.36 bits per heavy atom. The summed E-state index contributed by atoms with van der Waals surface area (Å²) in [5.74, 6) is 2.58. The number of phenols is 1. The third-order valence-corrected chi connectivity index (χ3v) is 5.42. The average Bonchev–Trinajstić information content (AvgIpc) is 3.34. The number of thiocarbonyl (C=S) groups is 1. The van der Waals surface area contributed by atoms with Gasteiger partial charge in [0.1, 0.15) is 12.4 Å². The second-order valence-corrected chi connectivity index (χ2v) is 6.84. The third-order valence-electron chi connectivity index (χ3n) is 5.10. The Morgan fingerprint density at radius 1 is 0.893 bits per heavy atom. The standard InChI is InChI=1S/C21H16O6S/c1-23-15-6-11-12(7-16(15)24-2)20(22)13-8-25-21(28)19(13)18(11)10-3-4-14-17(5-10)27-9-26-14/h3-7,22H,8-9H2,1-2H3. The average molecular weight is 396 g/mol. The highest BCUT2D eigenvalue weighted by Crippen LogP contribution is 2.48. The molecule has 0 radical (unpaired) electrons. The van der Waals surface area contributed by atoms with Crippen molar-refractivity contribution in [3.63, 3.8) is 0 Å². The molecule has 142 valence electrons. The van der Waals surface area contributed by atoms with E-state index in [9.17, 15) is 5.11 Å². The summed E-state index contributed by atoms with van der Waals surface area (Å²) in [4.78, 5) is 0. The molecule has 6 nitrogen and oxygen atoms in total. The van der Waals surface area contributed by atoms with Gasteiger partial charge in [0.15, 0.2) is 28.0 Å². The summed E-state index contributed by atoms with van der Waals surface area (Å²) < 4.78 is 27.5. The third kappa shape index (κ3) is 2.29. The zero-order valence-electron chi connectivity index (χ0n) is 15.2. The number of aromatic hydroxyl groups is 1. The zero-order chi connectivity index (χ0) is 19.4. The lowest BCUT2D eigenvalue weighted by Crippen LogP contribution is -1.99. The number of phenolic OH excluding ortho intramolecular Hbond substituents is 1. The topological polar surface area (TPSA) is 66.4 Å². The molecule has 3 aromatic rings. The second kappa shape index (κ2) is 6.17. The molecule has 2 heterocycles. The molecule has 0 spiro atoms. The lowest BCUT2D eigenvalue weighted by molar-refractivity contribution is 0.174. The van der Waals surface area contributed by atoms with Crippen LogP contribution in [-0.4, -0.2) is 31.2 Å². The number of rotatable bonds is 3. The maximum Gasteiger partial charge on any atom is 0.231 e. The smallest absolute Gasteiger partial charge is 0.231 e. The van der Waals surface area contributed by atoms with Gasteiger partial charge in [-0.05, 0) is 47.4 Å². The molecule has 2 aliphatic rings. The molecule has 2 aliphatic heterocycles. The fraction of sp³-hybridized carbons (Fsp3) is 0.190. The van der Waals surface area contributed by atoms with Gasteiger partial charge in [-0.3, -0.25) is 0 Å². The maximum atomic E-state index is 10.9. The molecule has 7 heteroatoms. The summed E-state index contributed by atoms with van der Waals surface area (Å²) >= 11 is 5.45. The first kappa shape index (κ1) is 16.9. The maximum absolute atomic E-state index is 10.9. The van der Waals surface area contributed by atoms with Gasteiger partial charge in [0, 0.05) is 22.1 Å². The first-order chi connectivity index (χ1) is 13.6. The molecule has 0 aromatic heterocycles. The largest absolute Gasteiger partial charge is 0.507 e. The van der Waals surface area contributed by atoms with Gasteiger partial charge in [0.05, 0.1) is 14.2 Å². The molecule has 0 amide bonds. The molecule has 0 atom stereocenters. The SMILES string of the molecule is COc1cc2c(O)c3c(c(-c4ccc5c(c4)OCO5)c2cc1OC)C(=S)OC3. The Balaban J connectivity index is 1.90. The molecular weight excluding hydrogens is 380 g/mol. The number of fused-ring (bicyclic) bond motifs is 3. The summed E-state index contributed by atoms with van der Waals surface area (Å²) in [6, 6.07) is 9.32. The van der Waals surface area contributed by atoms with Crippen molar-refractivity contribution in [3.8, 4) is 39.9 Å². The Bertz CT molecular complexity index is 1150. The van der Waals surface area contributed by atoms with Gasteiger partial charge in [-0.1, -0.05) is 6.07 Å². The van der Waals surface area contributed by atoms with Crippen molar-refractivity contribution in [1.82, 2.24) is 0 Å².